The summed E-state index contributed by atoms with van der Waals surface area (Å²) < 4.78 is 24.3. The number of nitrogens with one attached hydrogen (secondary N) is 2. The summed E-state index contributed by atoms with van der Waals surface area (Å²) in [6, 6.07) is 0. The van der Waals surface area contributed by atoms with E-state index in [1.165, 1.54) is 0 Å². The highest BCUT2D eigenvalue weighted by atomic mass is 32.2. The van der Waals surface area contributed by atoms with Gasteiger partial charge in [0.05, 0.1) is 0 Å². The smallest absolute Gasteiger partial charge is 0.213 e. The van der Waals surface area contributed by atoms with Gasteiger partial charge in [-0.3, -0.25) is 0 Å². The van der Waals surface area contributed by atoms with Crippen molar-refractivity contribution < 1.29 is 8.42 Å². The Kier molecular flexibility index (Phi) is 7.31. The lowest BCUT2D eigenvalue weighted by Gasteiger charge is -1.73. The maximum absolute atomic E-state index is 9.99. The van der Waals surface area contributed by atoms with Crippen LogP contribution in [0.5, 0.6) is 0 Å². The van der Waals surface area contributed by atoms with Gasteiger partial charge in [-0.05, 0) is 11.1 Å². The normalized spacial score (nSPS) is 7.33. The van der Waals surface area contributed by atoms with Crippen molar-refractivity contribution in [3.8, 4) is 0 Å². The molecule has 0 atom stereocenters. The molecule has 2 N–H and O–H groups in total. The molecule has 11 nitrogen and oxygen atoms in total. The summed E-state index contributed by atoms with van der Waals surface area (Å²) >= 11 is 0. The van der Waals surface area contributed by atoms with E-state index in [9.17, 15) is 8.42 Å². The first-order valence-corrected chi connectivity index (χ1v) is 3.34. The molecule has 0 heterocycles. The van der Waals surface area contributed by atoms with Gasteiger partial charge in [-0.1, -0.05) is 0 Å². The lowest BCUT2D eigenvalue weighted by molar-refractivity contribution is 0.599. The summed E-state index contributed by atoms with van der Waals surface area (Å²) in [7, 11) is -4.27. The summed E-state index contributed by atoms with van der Waals surface area (Å²) in [5, 5.41) is 0. The maximum atomic E-state index is 9.99. The Hall–Kier alpha value is -2.12. The first-order valence-electron chi connectivity index (χ1n) is 1.95. The zero-order valence-electron chi connectivity index (χ0n) is 5.36. The van der Waals surface area contributed by atoms with E-state index in [1.807, 2.05) is 14.7 Å². The minimum atomic E-state index is -4.27. The summed E-state index contributed by atoms with van der Waals surface area (Å²) in [6.07, 6.45) is 0. The molecular weight excluding hydrogens is 190 g/mol. The van der Waals surface area contributed by atoms with Gasteiger partial charge in [-0.25, -0.2) is 8.42 Å². The second kappa shape index (κ2) is 6.99. The summed E-state index contributed by atoms with van der Waals surface area (Å²) in [6.45, 7) is 0. The fourth-order valence-corrected chi connectivity index (χ4v) is 0.326. The Labute approximate surface area is 65.5 Å². The predicted molar refractivity (Wildman–Crippen MR) is 34.8 cm³/mol. The molecule has 0 aliphatic carbocycles. The molecule has 0 saturated heterocycles. The molecule has 0 aliphatic heterocycles. The van der Waals surface area contributed by atoms with Crippen LogP contribution in [0.4, 0.5) is 0 Å². The second-order valence-corrected chi connectivity index (χ2v) is 2.12. The van der Waals surface area contributed by atoms with Gasteiger partial charge in [0.1, 0.15) is 11.1 Å². The minimum absolute atomic E-state index is 1.90. The van der Waals surface area contributed by atoms with Gasteiger partial charge in [-0.2, -0.15) is 0 Å². The monoisotopic (exact) mass is 192 g/mol. The highest BCUT2D eigenvalue weighted by Crippen LogP contribution is 1.92. The zero-order valence-corrected chi connectivity index (χ0v) is 6.17. The van der Waals surface area contributed by atoms with Crippen LogP contribution < -0.4 is 4.91 Å². The van der Waals surface area contributed by atoms with E-state index in [4.69, 9.17) is 22.1 Å². The van der Waals surface area contributed by atoms with Gasteiger partial charge in [0.25, 0.3) is 0 Å². The average molecular weight is 192 g/mol. The van der Waals surface area contributed by atoms with Gasteiger partial charge < -0.3 is 0 Å². The van der Waals surface area contributed by atoms with Crippen molar-refractivity contribution in [3.05, 3.63) is 20.9 Å². The molecule has 0 aliphatic rings. The molecular formula is H2N9O2S+. The SMILES string of the molecule is N=[N+]=N.[N-]=[N+]=NS(=O)(=O)N=[N+]=[N-]. The first-order chi connectivity index (χ1) is 5.54. The van der Waals surface area contributed by atoms with E-state index < -0.39 is 10.2 Å². The Balaban J connectivity index is 0. The third-order valence-electron chi connectivity index (χ3n) is 0.279. The molecule has 0 bridgehead atoms. The molecule has 0 saturated carbocycles. The van der Waals surface area contributed by atoms with Gasteiger partial charge >= 0.3 is 10.2 Å². The largest absolute Gasteiger partial charge is 0.321 e. The Morgan fingerprint density at radius 1 is 1.08 bits per heavy atom. The summed E-state index contributed by atoms with van der Waals surface area (Å²) in [5.74, 6) is 0. The second-order valence-electron chi connectivity index (χ2n) is 0.902. The van der Waals surface area contributed by atoms with Crippen LogP contribution in [0.15, 0.2) is 9.04 Å². The molecule has 64 valence electrons. The molecule has 0 aromatic rings. The van der Waals surface area contributed by atoms with Crippen LogP contribution >= 0.6 is 0 Å². The fraction of sp³-hybridized carbons (Fsp3) is 0. The number of hydrogen-bond donors (Lipinski definition) is 2. The van der Waals surface area contributed by atoms with Crippen molar-refractivity contribution in [2.24, 2.45) is 9.04 Å². The Morgan fingerprint density at radius 2 is 1.33 bits per heavy atom. The lowest BCUT2D eigenvalue weighted by atomic mass is 13.0. The molecule has 0 rings (SSSR count). The molecule has 0 aromatic carbocycles. The molecule has 0 unspecified atom stereocenters. The number of hydrogen-bond acceptors (Lipinski definition) is 4. The van der Waals surface area contributed by atoms with Crippen molar-refractivity contribution in [2.75, 3.05) is 0 Å². The third kappa shape index (κ3) is 10.8. The van der Waals surface area contributed by atoms with E-state index in [0.29, 0.717) is 0 Å². The molecule has 12 heteroatoms. The van der Waals surface area contributed by atoms with E-state index >= 15 is 0 Å². The molecule has 0 amide bonds. The standard InChI is InChI=1S/N6O2S.H2N3/c1-3-5-9(7,8)6-4-2;1-3-2/h;1-2H/q;+1. The quantitative estimate of drug-likeness (QED) is 0.373. The average Bonchev–Trinajstić information content (AvgIpc) is 1.88. The van der Waals surface area contributed by atoms with Crippen LogP contribution in [0.3, 0.4) is 0 Å². The van der Waals surface area contributed by atoms with Gasteiger partial charge in [-0.15, -0.1) is 0 Å². The van der Waals surface area contributed by atoms with Crippen molar-refractivity contribution in [2.45, 2.75) is 0 Å². The van der Waals surface area contributed by atoms with Crippen LogP contribution in [0.25, 0.3) is 20.9 Å². The van der Waals surface area contributed by atoms with E-state index in [-0.39, 0.29) is 0 Å². The molecule has 12 heavy (non-hydrogen) atoms. The van der Waals surface area contributed by atoms with Gasteiger partial charge in [0, 0.05) is 18.9 Å². The van der Waals surface area contributed by atoms with Crippen molar-refractivity contribution in [1.29, 1.82) is 11.1 Å². The minimum Gasteiger partial charge on any atom is -0.213 e. The van der Waals surface area contributed by atoms with Crippen LogP contribution in [0, 0.1) is 11.1 Å². The summed E-state index contributed by atoms with van der Waals surface area (Å²) in [4.78, 5) is 5.80. The van der Waals surface area contributed by atoms with Gasteiger partial charge in [0.15, 0.2) is 0 Å². The molecule has 0 radical (unpaired) electrons. The van der Waals surface area contributed by atoms with Crippen LogP contribution in [0.1, 0.15) is 0 Å². The number of azide groups is 1. The topological polar surface area (TPSA) is 193 Å². The number of nitrogens with zero attached hydrogens (tertiary/aromatic N) is 7. The highest BCUT2D eigenvalue weighted by molar-refractivity contribution is 7.88. The molecule has 0 fully saturated rings. The van der Waals surface area contributed by atoms with Crippen LogP contribution in [-0.4, -0.2) is 8.42 Å². The van der Waals surface area contributed by atoms with E-state index in [0.717, 1.165) is 0 Å². The van der Waals surface area contributed by atoms with Crippen LogP contribution in [0.2, 0.25) is 0 Å². The van der Waals surface area contributed by atoms with Crippen molar-refractivity contribution in [3.63, 3.8) is 0 Å². The fourth-order valence-electron chi connectivity index (χ4n) is 0.109. The zero-order chi connectivity index (χ0) is 10.0. The maximum Gasteiger partial charge on any atom is 0.321 e. The number of rotatable bonds is 2. The van der Waals surface area contributed by atoms with Gasteiger partial charge in [0.2, 0.25) is 4.91 Å². The molecule has 0 spiro atoms. The van der Waals surface area contributed by atoms with E-state index in [1.54, 1.807) is 0 Å². The van der Waals surface area contributed by atoms with E-state index in [2.05, 4.69) is 9.04 Å². The highest BCUT2D eigenvalue weighted by Gasteiger charge is 1.99. The predicted octanol–water partition coefficient (Wildman–Crippen LogP) is 0.967. The lowest BCUT2D eigenvalue weighted by Crippen LogP contribution is -1.82. The van der Waals surface area contributed by atoms with Crippen molar-refractivity contribution >= 4 is 10.2 Å². The first kappa shape index (κ1) is 12.5. The Bertz CT molecular complexity index is 318. The van der Waals surface area contributed by atoms with Crippen molar-refractivity contribution in [1.82, 2.24) is 4.91 Å². The third-order valence-corrected chi connectivity index (χ3v) is 0.838. The summed E-state index contributed by atoms with van der Waals surface area (Å²) in [5.41, 5.74) is 26.0. The Morgan fingerprint density at radius 3 is 1.50 bits per heavy atom. The molecule has 0 aromatic heterocycles. The van der Waals surface area contributed by atoms with Crippen LogP contribution in [-0.2, 0) is 10.2 Å².